The zero-order valence-corrected chi connectivity index (χ0v) is 11.9. The van der Waals surface area contributed by atoms with Crippen LogP contribution in [0.5, 0.6) is 0 Å². The van der Waals surface area contributed by atoms with Crippen LogP contribution in [-0.4, -0.2) is 37.6 Å². The van der Waals surface area contributed by atoms with Gasteiger partial charge in [0.05, 0.1) is 0 Å². The monoisotopic (exact) mass is 341 g/mol. The molecule has 122 valence electrons. The Kier molecular flexibility index (Phi) is 11.0. The van der Waals surface area contributed by atoms with Gasteiger partial charge in [0.2, 0.25) is 0 Å². The molecule has 13 nitrogen and oxygen atoms in total. The van der Waals surface area contributed by atoms with Crippen LogP contribution in [0.25, 0.3) is 0 Å². The van der Waals surface area contributed by atoms with Crippen molar-refractivity contribution >= 4 is 27.6 Å². The largest absolute Gasteiger partial charge is 0.527 e. The fraction of sp³-hybridized carbons (Fsp3) is 0.600. The molecule has 0 aromatic rings. The van der Waals surface area contributed by atoms with E-state index in [-0.39, 0.29) is 12.3 Å². The van der Waals surface area contributed by atoms with E-state index in [1.54, 1.807) is 0 Å². The number of carbonyl (C=O) groups excluding carboxylic acids is 2. The van der Waals surface area contributed by atoms with Gasteiger partial charge in [-0.05, 0) is 6.42 Å². The lowest BCUT2D eigenvalue weighted by Crippen LogP contribution is -2.32. The smallest absolute Gasteiger partial charge is 0.371 e. The van der Waals surface area contributed by atoms with E-state index in [9.17, 15) is 18.7 Å². The number of hydrogen-bond donors (Lipinski definition) is 7. The molecule has 0 aromatic heterocycles. The van der Waals surface area contributed by atoms with E-state index >= 15 is 0 Å². The van der Waals surface area contributed by atoms with E-state index < -0.39 is 46.5 Å². The van der Waals surface area contributed by atoms with Gasteiger partial charge in [-0.25, -0.2) is 13.9 Å². The van der Waals surface area contributed by atoms with Gasteiger partial charge in [0.1, 0.15) is 6.04 Å². The summed E-state index contributed by atoms with van der Waals surface area (Å²) in [6, 6.07) is -1.54. The molecule has 1 atom stereocenters. The van der Waals surface area contributed by atoms with Crippen molar-refractivity contribution in [1.82, 2.24) is 12.3 Å². The molecule has 0 heterocycles. The maximum Gasteiger partial charge on any atom is 0.527 e. The summed E-state index contributed by atoms with van der Waals surface area (Å²) < 4.78 is 27.8. The van der Waals surface area contributed by atoms with E-state index in [4.69, 9.17) is 25.3 Å². The predicted octanol–water partition coefficient (Wildman–Crippen LogP) is -1.31. The Bertz CT molecular complexity index is 415. The molecule has 12 N–H and O–H groups in total. The van der Waals surface area contributed by atoms with Crippen LogP contribution in [0.2, 0.25) is 0 Å². The van der Waals surface area contributed by atoms with Crippen molar-refractivity contribution in [3.05, 3.63) is 0 Å². The topological polar surface area (TPSA) is 264 Å². The summed E-state index contributed by atoms with van der Waals surface area (Å²) in [7, 11) is -10.00. The molecule has 0 saturated carbocycles. The second-order valence-electron chi connectivity index (χ2n) is 3.00. The third-order valence-electron chi connectivity index (χ3n) is 1.39. The Morgan fingerprint density at radius 2 is 1.40 bits per heavy atom. The molecular weight excluding hydrogens is 324 g/mol. The van der Waals surface area contributed by atoms with Crippen LogP contribution in [0, 0.1) is 0 Å². The average molecular weight is 341 g/mol. The average Bonchev–Trinajstić information content (AvgIpc) is 2.08. The number of phosphoric ester groups is 2. The third kappa shape index (κ3) is 13.5. The second kappa shape index (κ2) is 9.13. The molecule has 0 bridgehead atoms. The molecule has 20 heavy (non-hydrogen) atoms. The van der Waals surface area contributed by atoms with Crippen molar-refractivity contribution in [3.8, 4) is 0 Å². The molecule has 0 aliphatic carbocycles. The van der Waals surface area contributed by atoms with Crippen LogP contribution >= 0.6 is 15.6 Å². The van der Waals surface area contributed by atoms with Gasteiger partial charge < -0.3 is 27.1 Å². The quantitative estimate of drug-likeness (QED) is 0.277. The minimum absolute atomic E-state index is 0. The van der Waals surface area contributed by atoms with Gasteiger partial charge in [0.15, 0.2) is 0 Å². The van der Waals surface area contributed by atoms with Gasteiger partial charge in [-0.15, -0.1) is 0 Å². The highest BCUT2D eigenvalue weighted by atomic mass is 31.2. The Balaban J connectivity index is -0.00000144. The van der Waals surface area contributed by atoms with E-state index in [2.05, 4.69) is 9.05 Å². The molecule has 0 rings (SSSR count). The van der Waals surface area contributed by atoms with Crippen LogP contribution in [-0.2, 0) is 27.8 Å². The highest BCUT2D eigenvalue weighted by Gasteiger charge is 2.27. The predicted molar refractivity (Wildman–Crippen MR) is 63.5 cm³/mol. The van der Waals surface area contributed by atoms with Crippen molar-refractivity contribution < 1.29 is 47.3 Å². The van der Waals surface area contributed by atoms with Crippen LogP contribution in [0.15, 0.2) is 0 Å². The van der Waals surface area contributed by atoms with Gasteiger partial charge >= 0.3 is 27.6 Å². The molecule has 0 radical (unpaired) electrons. The first-order valence-corrected chi connectivity index (χ1v) is 7.29. The number of hydrogen-bond acceptors (Lipinski definition) is 9. The number of phosphoric acid groups is 2. The van der Waals surface area contributed by atoms with E-state index in [0.29, 0.717) is 0 Å². The molecule has 0 aromatic carbocycles. The highest BCUT2D eigenvalue weighted by Crippen LogP contribution is 2.37. The van der Waals surface area contributed by atoms with Crippen molar-refractivity contribution in [2.45, 2.75) is 18.9 Å². The summed E-state index contributed by atoms with van der Waals surface area (Å²) in [6.07, 6.45) is -1.10. The van der Waals surface area contributed by atoms with Gasteiger partial charge in [-0.3, -0.25) is 24.4 Å². The Labute approximate surface area is 113 Å². The summed E-state index contributed by atoms with van der Waals surface area (Å²) in [5.41, 5.74) is 5.12. The van der Waals surface area contributed by atoms with Crippen molar-refractivity contribution in [2.75, 3.05) is 0 Å². The highest BCUT2D eigenvalue weighted by molar-refractivity contribution is 7.47. The van der Waals surface area contributed by atoms with Crippen molar-refractivity contribution in [3.63, 3.8) is 0 Å². The maximum absolute atomic E-state index is 10.9. The lowest BCUT2D eigenvalue weighted by atomic mass is 10.2. The van der Waals surface area contributed by atoms with Gasteiger partial charge in [0.25, 0.3) is 0 Å². The number of nitrogens with two attached hydrogens (primary N) is 1. The maximum atomic E-state index is 10.9. The molecule has 0 amide bonds. The van der Waals surface area contributed by atoms with Crippen molar-refractivity contribution in [1.29, 1.82) is 0 Å². The Hall–Kier alpha value is -0.880. The molecular formula is C5H17N3O10P2. The standard InChI is InChI=1S/C5H11NO10P2.2H3N/c6-3(5(8)16-18(12,13)14)1-2-4(7)15-17(9,10)11;;/h3H,1-2,6H2,(H2,9,10,11)(H2,12,13,14);2*1H3/t3-;;/m0../s1. The molecule has 0 aliphatic rings. The van der Waals surface area contributed by atoms with Crippen molar-refractivity contribution in [2.24, 2.45) is 5.73 Å². The van der Waals surface area contributed by atoms with Crippen LogP contribution in [0.3, 0.4) is 0 Å². The first-order valence-electron chi connectivity index (χ1n) is 4.23. The normalized spacial score (nSPS) is 12.4. The summed E-state index contributed by atoms with van der Waals surface area (Å²) >= 11 is 0. The zero-order valence-electron chi connectivity index (χ0n) is 10.1. The van der Waals surface area contributed by atoms with E-state index in [1.165, 1.54) is 0 Å². The van der Waals surface area contributed by atoms with Crippen LogP contribution in [0.1, 0.15) is 12.8 Å². The molecule has 0 unspecified atom stereocenters. The minimum atomic E-state index is -5.03. The first-order chi connectivity index (χ1) is 7.91. The van der Waals surface area contributed by atoms with Crippen LogP contribution < -0.4 is 18.0 Å². The second-order valence-corrected chi connectivity index (χ2v) is 5.33. The SMILES string of the molecule is N.N.N[C@@H](CCC(=O)OP(=O)(O)O)C(=O)OP(=O)(O)O. The summed E-state index contributed by atoms with van der Waals surface area (Å²) in [5, 5.41) is 0. The Morgan fingerprint density at radius 3 is 1.75 bits per heavy atom. The van der Waals surface area contributed by atoms with Gasteiger partial charge in [0, 0.05) is 6.42 Å². The number of rotatable bonds is 6. The summed E-state index contributed by atoms with van der Waals surface area (Å²) in [4.78, 5) is 54.8. The third-order valence-corrected chi connectivity index (χ3v) is 2.25. The molecule has 15 heteroatoms. The molecule has 0 fully saturated rings. The summed E-state index contributed by atoms with van der Waals surface area (Å²) in [5.74, 6) is -2.77. The zero-order chi connectivity index (χ0) is 14.6. The first kappa shape index (κ1) is 24.2. The van der Waals surface area contributed by atoms with Gasteiger partial charge in [-0.1, -0.05) is 0 Å². The van der Waals surface area contributed by atoms with Gasteiger partial charge in [-0.2, -0.15) is 0 Å². The lowest BCUT2D eigenvalue weighted by molar-refractivity contribution is -0.138. The fourth-order valence-electron chi connectivity index (χ4n) is 0.754. The molecule has 0 aliphatic heterocycles. The minimum Gasteiger partial charge on any atom is -0.371 e. The van der Waals surface area contributed by atoms with Crippen LogP contribution in [0.4, 0.5) is 0 Å². The number of carbonyl (C=O) groups is 2. The van der Waals surface area contributed by atoms with E-state index in [0.717, 1.165) is 0 Å². The Morgan fingerprint density at radius 1 is 1.00 bits per heavy atom. The molecule has 0 saturated heterocycles. The molecule has 0 spiro atoms. The summed E-state index contributed by atoms with van der Waals surface area (Å²) in [6.45, 7) is 0. The van der Waals surface area contributed by atoms with E-state index in [1.807, 2.05) is 0 Å². The fourth-order valence-corrected chi connectivity index (χ4v) is 1.48. The lowest BCUT2D eigenvalue weighted by Gasteiger charge is -2.11.